The van der Waals surface area contributed by atoms with Gasteiger partial charge in [0.15, 0.2) is 5.11 Å². The molecule has 0 unspecified atom stereocenters. The predicted molar refractivity (Wildman–Crippen MR) is 114 cm³/mol. The Bertz CT molecular complexity index is 935. The molecule has 2 aliphatic rings. The van der Waals surface area contributed by atoms with E-state index in [4.69, 9.17) is 31.2 Å². The van der Waals surface area contributed by atoms with Crippen molar-refractivity contribution in [3.63, 3.8) is 0 Å². The van der Waals surface area contributed by atoms with Gasteiger partial charge in [0, 0.05) is 5.56 Å². The second kappa shape index (κ2) is 8.49. The molecule has 2 aliphatic heterocycles. The zero-order valence-corrected chi connectivity index (χ0v) is 17.7. The number of hydrogen-bond acceptors (Lipinski definition) is 6. The summed E-state index contributed by atoms with van der Waals surface area (Å²) in [5.74, 6) is 0.418. The Labute approximate surface area is 180 Å². The average Bonchev–Trinajstić information content (AvgIpc) is 2.74. The fraction of sp³-hybridized carbons (Fsp3) is 0.364. The van der Waals surface area contributed by atoms with Crippen LogP contribution in [0.2, 0.25) is 0 Å². The van der Waals surface area contributed by atoms with Crippen LogP contribution in [-0.4, -0.2) is 37.1 Å². The third-order valence-electron chi connectivity index (χ3n) is 5.28. The molecule has 2 heterocycles. The van der Waals surface area contributed by atoms with Gasteiger partial charge in [-0.3, -0.25) is 4.79 Å². The molecule has 0 amide bonds. The highest BCUT2D eigenvalue weighted by atomic mass is 32.1. The maximum Gasteiger partial charge on any atom is 0.317 e. The molecule has 7 nitrogen and oxygen atoms in total. The van der Waals surface area contributed by atoms with E-state index in [1.54, 1.807) is 14.0 Å². The smallest absolute Gasteiger partial charge is 0.317 e. The molecule has 0 aromatic heterocycles. The van der Waals surface area contributed by atoms with Crippen LogP contribution in [0, 0.1) is 5.92 Å². The number of esters is 1. The Balaban J connectivity index is 1.60. The van der Waals surface area contributed by atoms with Crippen LogP contribution in [-0.2, 0) is 20.9 Å². The summed E-state index contributed by atoms with van der Waals surface area (Å²) in [4.78, 5) is 12.9. The highest BCUT2D eigenvalue weighted by Gasteiger charge is 2.58. The van der Waals surface area contributed by atoms with Crippen LogP contribution in [0.3, 0.4) is 0 Å². The molecule has 2 aromatic rings. The van der Waals surface area contributed by atoms with Crippen LogP contribution >= 0.6 is 12.2 Å². The van der Waals surface area contributed by atoms with E-state index in [-0.39, 0.29) is 25.2 Å². The van der Waals surface area contributed by atoms with Gasteiger partial charge >= 0.3 is 5.97 Å². The van der Waals surface area contributed by atoms with E-state index in [2.05, 4.69) is 10.6 Å². The molecule has 0 aliphatic carbocycles. The van der Waals surface area contributed by atoms with E-state index in [0.717, 1.165) is 16.9 Å². The van der Waals surface area contributed by atoms with Gasteiger partial charge in [0.2, 0.25) is 5.72 Å². The molecule has 158 valence electrons. The number of benzene rings is 2. The molecule has 30 heavy (non-hydrogen) atoms. The van der Waals surface area contributed by atoms with Crippen molar-refractivity contribution in [1.29, 1.82) is 0 Å². The first-order chi connectivity index (χ1) is 14.6. The van der Waals surface area contributed by atoms with Crippen LogP contribution in [0.25, 0.3) is 0 Å². The molecule has 0 spiro atoms. The van der Waals surface area contributed by atoms with Gasteiger partial charge in [-0.15, -0.1) is 0 Å². The highest BCUT2D eigenvalue weighted by molar-refractivity contribution is 7.80. The molecule has 8 heteroatoms. The summed E-state index contributed by atoms with van der Waals surface area (Å²) >= 11 is 5.41. The van der Waals surface area contributed by atoms with Gasteiger partial charge in [-0.25, -0.2) is 0 Å². The number of carbonyl (C=O) groups excluding carboxylic acids is 1. The van der Waals surface area contributed by atoms with Crippen molar-refractivity contribution < 1.29 is 23.7 Å². The molecule has 4 rings (SSSR count). The van der Waals surface area contributed by atoms with Gasteiger partial charge in [0.25, 0.3) is 0 Å². The summed E-state index contributed by atoms with van der Waals surface area (Å²) in [7, 11) is 1.63. The topological polar surface area (TPSA) is 78.1 Å². The molecule has 1 saturated heterocycles. The zero-order chi connectivity index (χ0) is 21.1. The summed E-state index contributed by atoms with van der Waals surface area (Å²) in [6.45, 7) is 2.51. The van der Waals surface area contributed by atoms with Gasteiger partial charge in [-0.2, -0.15) is 0 Å². The zero-order valence-electron chi connectivity index (χ0n) is 16.8. The first kappa shape index (κ1) is 20.4. The quantitative estimate of drug-likeness (QED) is 0.515. The number of para-hydroxylation sites is 1. The molecule has 2 bridgehead atoms. The first-order valence-corrected chi connectivity index (χ1v) is 10.2. The Morgan fingerprint density at radius 3 is 2.70 bits per heavy atom. The number of thiocarbonyl (C=S) groups is 1. The third kappa shape index (κ3) is 3.80. The lowest BCUT2D eigenvalue weighted by atomic mass is 9.80. The maximum absolute atomic E-state index is 12.9. The molecule has 0 radical (unpaired) electrons. The van der Waals surface area contributed by atoms with Crippen LogP contribution in [0.4, 0.5) is 0 Å². The monoisotopic (exact) mass is 428 g/mol. The second-order valence-corrected chi connectivity index (χ2v) is 7.58. The number of rotatable bonds is 7. The van der Waals surface area contributed by atoms with E-state index >= 15 is 0 Å². The third-order valence-corrected chi connectivity index (χ3v) is 5.50. The number of ether oxygens (including phenoxy) is 4. The Kier molecular flexibility index (Phi) is 5.78. The van der Waals surface area contributed by atoms with E-state index < -0.39 is 11.6 Å². The number of methoxy groups -OCH3 is 1. The lowest BCUT2D eigenvalue weighted by molar-refractivity contribution is -0.171. The van der Waals surface area contributed by atoms with Crippen LogP contribution in [0.5, 0.6) is 11.5 Å². The largest absolute Gasteiger partial charge is 0.497 e. The van der Waals surface area contributed by atoms with Crippen LogP contribution in [0.1, 0.15) is 24.1 Å². The van der Waals surface area contributed by atoms with Crippen molar-refractivity contribution in [2.75, 3.05) is 20.3 Å². The summed E-state index contributed by atoms with van der Waals surface area (Å²) < 4.78 is 22.9. The van der Waals surface area contributed by atoms with Crippen molar-refractivity contribution in [3.8, 4) is 11.5 Å². The fourth-order valence-corrected chi connectivity index (χ4v) is 4.23. The first-order valence-electron chi connectivity index (χ1n) is 9.80. The van der Waals surface area contributed by atoms with E-state index in [1.807, 2.05) is 48.5 Å². The van der Waals surface area contributed by atoms with Crippen molar-refractivity contribution in [1.82, 2.24) is 10.6 Å². The van der Waals surface area contributed by atoms with E-state index in [0.29, 0.717) is 17.5 Å². The lowest BCUT2D eigenvalue weighted by Gasteiger charge is -2.51. The van der Waals surface area contributed by atoms with Gasteiger partial charge in [0.1, 0.15) is 24.0 Å². The molecule has 2 aromatic carbocycles. The Morgan fingerprint density at radius 2 is 1.97 bits per heavy atom. The number of hydrogen-bond donors (Lipinski definition) is 2. The van der Waals surface area contributed by atoms with Crippen molar-refractivity contribution in [2.24, 2.45) is 5.92 Å². The normalized spacial score (nSPS) is 24.0. The molecule has 0 saturated carbocycles. The minimum Gasteiger partial charge on any atom is -0.497 e. The fourth-order valence-electron chi connectivity index (χ4n) is 3.93. The van der Waals surface area contributed by atoms with Gasteiger partial charge in [0.05, 0.1) is 26.4 Å². The average molecular weight is 429 g/mol. The minimum absolute atomic E-state index is 0.106. The molecule has 1 fully saturated rings. The standard InChI is InChI=1S/C22H24N2O5S/c1-3-28-20(25)18-19-16-6-4-5-7-17(16)29-22(18,24-21(30)23-19)13-27-12-14-8-10-15(26-2)11-9-14/h4-11,18-19H,3,12-13H2,1-2H3,(H2,23,24,30)/t18-,19+,22-/m0/s1. The van der Waals surface area contributed by atoms with Crippen molar-refractivity contribution >= 4 is 23.3 Å². The Morgan fingerprint density at radius 1 is 1.20 bits per heavy atom. The molecule has 3 atom stereocenters. The second-order valence-electron chi connectivity index (χ2n) is 7.18. The predicted octanol–water partition coefficient (Wildman–Crippen LogP) is 2.70. The van der Waals surface area contributed by atoms with Crippen LogP contribution in [0.15, 0.2) is 48.5 Å². The molecular formula is C22H24N2O5S. The Hall–Kier alpha value is -2.84. The van der Waals surface area contributed by atoms with Gasteiger partial charge in [-0.05, 0) is 42.9 Å². The number of nitrogens with one attached hydrogen (secondary N) is 2. The van der Waals surface area contributed by atoms with Crippen molar-refractivity contribution in [3.05, 3.63) is 59.7 Å². The number of carbonyl (C=O) groups is 1. The molecule has 2 N–H and O–H groups in total. The highest BCUT2D eigenvalue weighted by Crippen LogP contribution is 2.45. The lowest BCUT2D eigenvalue weighted by Crippen LogP contribution is -2.73. The van der Waals surface area contributed by atoms with Crippen LogP contribution < -0.4 is 20.1 Å². The minimum atomic E-state index is -1.17. The van der Waals surface area contributed by atoms with Crippen molar-refractivity contribution in [2.45, 2.75) is 25.3 Å². The summed E-state index contributed by atoms with van der Waals surface area (Å²) in [5, 5.41) is 6.76. The maximum atomic E-state index is 12.9. The van der Waals surface area contributed by atoms with E-state index in [1.165, 1.54) is 0 Å². The van der Waals surface area contributed by atoms with E-state index in [9.17, 15) is 4.79 Å². The molecular weight excluding hydrogens is 404 g/mol. The summed E-state index contributed by atoms with van der Waals surface area (Å²) in [5.41, 5.74) is 0.675. The van der Waals surface area contributed by atoms with Gasteiger partial charge in [-0.1, -0.05) is 30.3 Å². The number of fused-ring (bicyclic) bond motifs is 4. The van der Waals surface area contributed by atoms with Gasteiger partial charge < -0.3 is 29.6 Å². The summed E-state index contributed by atoms with van der Waals surface area (Å²) in [6, 6.07) is 14.8. The SMILES string of the molecule is CCOC(=O)[C@@H]1[C@@H]2NC(=S)N[C@@]1(COCc1ccc(OC)cc1)Oc1ccccc12. The summed E-state index contributed by atoms with van der Waals surface area (Å²) in [6.07, 6.45) is 0.